The van der Waals surface area contributed by atoms with Crippen LogP contribution in [0.3, 0.4) is 0 Å². The van der Waals surface area contributed by atoms with Crippen molar-refractivity contribution in [1.29, 1.82) is 0 Å². The van der Waals surface area contributed by atoms with E-state index in [4.69, 9.17) is 4.74 Å². The quantitative estimate of drug-likeness (QED) is 0.860. The van der Waals surface area contributed by atoms with Gasteiger partial charge in [0.25, 0.3) is 0 Å². The number of benzene rings is 1. The van der Waals surface area contributed by atoms with Crippen molar-refractivity contribution in [3.63, 3.8) is 0 Å². The highest BCUT2D eigenvalue weighted by molar-refractivity contribution is 7.99. The fourth-order valence-corrected chi connectivity index (χ4v) is 3.64. The molecule has 0 spiro atoms. The van der Waals surface area contributed by atoms with Gasteiger partial charge in [-0.1, -0.05) is 12.1 Å². The number of thioether (sulfide) groups is 1. The number of ether oxygens (including phenoxy) is 1. The Kier molecular flexibility index (Phi) is 4.09. The number of nitrogens with one attached hydrogen (secondary N) is 1. The Balaban J connectivity index is 1.75. The molecule has 1 N–H and O–H groups in total. The van der Waals surface area contributed by atoms with Gasteiger partial charge >= 0.3 is 0 Å². The van der Waals surface area contributed by atoms with Gasteiger partial charge in [0.05, 0.1) is 12.2 Å². The molecule has 102 valence electrons. The summed E-state index contributed by atoms with van der Waals surface area (Å²) >= 11 is 1.92. The molecule has 0 amide bonds. The lowest BCUT2D eigenvalue weighted by Crippen LogP contribution is -2.39. The van der Waals surface area contributed by atoms with Crippen molar-refractivity contribution in [3.05, 3.63) is 29.3 Å². The summed E-state index contributed by atoms with van der Waals surface area (Å²) in [7, 11) is 0. The van der Waals surface area contributed by atoms with Crippen molar-refractivity contribution in [2.75, 3.05) is 24.7 Å². The van der Waals surface area contributed by atoms with Crippen LogP contribution in [0.15, 0.2) is 18.2 Å². The van der Waals surface area contributed by atoms with E-state index >= 15 is 0 Å². The molecule has 0 bridgehead atoms. The van der Waals surface area contributed by atoms with E-state index in [1.54, 1.807) is 0 Å². The third kappa shape index (κ3) is 2.95. The SMILES string of the molecule is O=C(CC1CSCCN1)c1cccc2c1OCCC2. The molecule has 0 radical (unpaired) electrons. The predicted molar refractivity (Wildman–Crippen MR) is 78.3 cm³/mol. The van der Waals surface area contributed by atoms with Crippen LogP contribution in [-0.2, 0) is 6.42 Å². The molecule has 0 aliphatic carbocycles. The molecule has 2 aliphatic heterocycles. The topological polar surface area (TPSA) is 38.3 Å². The minimum atomic E-state index is 0.207. The highest BCUT2D eigenvalue weighted by Gasteiger charge is 2.22. The monoisotopic (exact) mass is 277 g/mol. The number of fused-ring (bicyclic) bond motifs is 1. The van der Waals surface area contributed by atoms with Gasteiger partial charge in [0.1, 0.15) is 5.75 Å². The molecule has 1 aromatic rings. The second kappa shape index (κ2) is 5.97. The van der Waals surface area contributed by atoms with Crippen molar-refractivity contribution in [1.82, 2.24) is 5.32 Å². The van der Waals surface area contributed by atoms with Gasteiger partial charge in [-0.2, -0.15) is 11.8 Å². The number of hydrogen-bond acceptors (Lipinski definition) is 4. The lowest BCUT2D eigenvalue weighted by Gasteiger charge is -2.24. The second-order valence-electron chi connectivity index (χ2n) is 5.10. The zero-order valence-corrected chi connectivity index (χ0v) is 11.8. The molecule has 0 saturated carbocycles. The molecule has 4 heteroatoms. The van der Waals surface area contributed by atoms with Gasteiger partial charge in [-0.15, -0.1) is 0 Å². The summed E-state index contributed by atoms with van der Waals surface area (Å²) in [4.78, 5) is 12.5. The Morgan fingerprint density at radius 1 is 1.47 bits per heavy atom. The number of aryl methyl sites for hydroxylation is 1. The minimum Gasteiger partial charge on any atom is -0.493 e. The van der Waals surface area contributed by atoms with Crippen LogP contribution in [0.5, 0.6) is 5.75 Å². The molecular weight excluding hydrogens is 258 g/mol. The number of hydrogen-bond donors (Lipinski definition) is 1. The summed E-state index contributed by atoms with van der Waals surface area (Å²) in [5, 5.41) is 3.42. The minimum absolute atomic E-state index is 0.207. The number of para-hydroxylation sites is 1. The van der Waals surface area contributed by atoms with Crippen molar-refractivity contribution < 1.29 is 9.53 Å². The van der Waals surface area contributed by atoms with Gasteiger partial charge in [0, 0.05) is 30.5 Å². The van der Waals surface area contributed by atoms with E-state index in [1.165, 1.54) is 5.56 Å². The van der Waals surface area contributed by atoms with E-state index in [9.17, 15) is 4.79 Å². The van der Waals surface area contributed by atoms with Crippen LogP contribution < -0.4 is 10.1 Å². The molecule has 19 heavy (non-hydrogen) atoms. The van der Waals surface area contributed by atoms with Crippen LogP contribution in [0.1, 0.15) is 28.8 Å². The van der Waals surface area contributed by atoms with Crippen LogP contribution in [0.4, 0.5) is 0 Å². The molecule has 1 aromatic carbocycles. The van der Waals surface area contributed by atoms with Gasteiger partial charge in [0.15, 0.2) is 5.78 Å². The fourth-order valence-electron chi connectivity index (χ4n) is 2.69. The average molecular weight is 277 g/mol. The van der Waals surface area contributed by atoms with E-state index in [2.05, 4.69) is 11.4 Å². The van der Waals surface area contributed by atoms with Crippen LogP contribution in [0.25, 0.3) is 0 Å². The molecular formula is C15H19NO2S. The number of carbonyl (C=O) groups is 1. The van der Waals surface area contributed by atoms with Gasteiger partial charge in [-0.3, -0.25) is 4.79 Å². The third-order valence-corrected chi connectivity index (χ3v) is 4.79. The summed E-state index contributed by atoms with van der Waals surface area (Å²) in [5.74, 6) is 3.22. The highest BCUT2D eigenvalue weighted by atomic mass is 32.2. The van der Waals surface area contributed by atoms with E-state index in [-0.39, 0.29) is 5.78 Å². The van der Waals surface area contributed by atoms with Gasteiger partial charge in [-0.05, 0) is 24.5 Å². The molecule has 1 fully saturated rings. The largest absolute Gasteiger partial charge is 0.493 e. The van der Waals surface area contributed by atoms with Crippen LogP contribution in [-0.4, -0.2) is 36.5 Å². The first-order valence-corrected chi connectivity index (χ1v) is 8.09. The Bertz CT molecular complexity index is 469. The van der Waals surface area contributed by atoms with Crippen LogP contribution >= 0.6 is 11.8 Å². The van der Waals surface area contributed by atoms with Crippen molar-refractivity contribution in [2.45, 2.75) is 25.3 Å². The maximum atomic E-state index is 12.5. The summed E-state index contributed by atoms with van der Waals surface area (Å²) in [6.45, 7) is 1.74. The van der Waals surface area contributed by atoms with Crippen LogP contribution in [0.2, 0.25) is 0 Å². The Morgan fingerprint density at radius 2 is 2.42 bits per heavy atom. The molecule has 1 atom stereocenters. The average Bonchev–Trinajstić information content (AvgIpc) is 2.47. The van der Waals surface area contributed by atoms with E-state index in [1.807, 2.05) is 23.9 Å². The molecule has 2 heterocycles. The second-order valence-corrected chi connectivity index (χ2v) is 6.25. The molecule has 1 unspecified atom stereocenters. The first-order chi connectivity index (χ1) is 9.34. The van der Waals surface area contributed by atoms with Crippen molar-refractivity contribution in [3.8, 4) is 5.75 Å². The van der Waals surface area contributed by atoms with E-state index < -0.39 is 0 Å². The van der Waals surface area contributed by atoms with Gasteiger partial charge in [-0.25, -0.2) is 0 Å². The fraction of sp³-hybridized carbons (Fsp3) is 0.533. The molecule has 0 aromatic heterocycles. The summed E-state index contributed by atoms with van der Waals surface area (Å²) in [5.41, 5.74) is 1.96. The smallest absolute Gasteiger partial charge is 0.168 e. The lowest BCUT2D eigenvalue weighted by molar-refractivity contribution is 0.0967. The Hall–Kier alpha value is -1.00. The zero-order chi connectivity index (χ0) is 13.1. The number of Topliss-reactive ketones (excluding diaryl/α,β-unsaturated/α-hetero) is 1. The normalized spacial score (nSPS) is 22.4. The standard InChI is InChI=1S/C15H19NO2S/c17-14(9-12-10-19-8-6-16-12)13-5-1-3-11-4-2-7-18-15(11)13/h1,3,5,12,16H,2,4,6-10H2. The number of carbonyl (C=O) groups excluding carboxylic acids is 1. The maximum absolute atomic E-state index is 12.5. The Morgan fingerprint density at radius 3 is 3.26 bits per heavy atom. The summed E-state index contributed by atoms with van der Waals surface area (Å²) in [6.07, 6.45) is 2.65. The third-order valence-electron chi connectivity index (χ3n) is 3.66. The van der Waals surface area contributed by atoms with E-state index in [0.29, 0.717) is 12.5 Å². The van der Waals surface area contributed by atoms with Gasteiger partial charge in [0.2, 0.25) is 0 Å². The highest BCUT2D eigenvalue weighted by Crippen LogP contribution is 2.30. The lowest BCUT2D eigenvalue weighted by atomic mass is 9.97. The molecule has 3 rings (SSSR count). The van der Waals surface area contributed by atoms with Crippen LogP contribution in [0, 0.1) is 0 Å². The van der Waals surface area contributed by atoms with Gasteiger partial charge < -0.3 is 10.1 Å². The van der Waals surface area contributed by atoms with Crippen molar-refractivity contribution in [2.24, 2.45) is 0 Å². The van der Waals surface area contributed by atoms with E-state index in [0.717, 1.165) is 48.8 Å². The van der Waals surface area contributed by atoms with Crippen molar-refractivity contribution >= 4 is 17.5 Å². The first kappa shape index (κ1) is 13.0. The molecule has 1 saturated heterocycles. The Labute approximate surface area is 118 Å². The number of rotatable bonds is 3. The zero-order valence-electron chi connectivity index (χ0n) is 11.0. The predicted octanol–water partition coefficient (Wildman–Crippen LogP) is 2.29. The number of ketones is 1. The summed E-state index contributed by atoms with van der Waals surface area (Å²) in [6, 6.07) is 6.26. The summed E-state index contributed by atoms with van der Waals surface area (Å²) < 4.78 is 5.72. The molecule has 2 aliphatic rings. The maximum Gasteiger partial charge on any atom is 0.168 e. The first-order valence-electron chi connectivity index (χ1n) is 6.93. The molecule has 3 nitrogen and oxygen atoms in total.